The fourth-order valence-corrected chi connectivity index (χ4v) is 5.97. The number of hydrogen-bond acceptors (Lipinski definition) is 6. The minimum atomic E-state index is -0.0122. The van der Waals surface area contributed by atoms with Crippen molar-refractivity contribution in [3.05, 3.63) is 77.9 Å². The first-order chi connectivity index (χ1) is 17.5. The summed E-state index contributed by atoms with van der Waals surface area (Å²) in [6.07, 6.45) is 3.88. The fraction of sp³-hybridized carbons (Fsp3) is 0.300. The molecule has 1 aliphatic heterocycles. The number of aromatic hydroxyl groups is 1. The van der Waals surface area contributed by atoms with Crippen LogP contribution in [0.15, 0.2) is 66.7 Å². The van der Waals surface area contributed by atoms with Crippen LogP contribution in [-0.4, -0.2) is 56.1 Å². The molecule has 5 rings (SSSR count). The maximum Gasteiger partial charge on any atom is 0.195 e. The van der Waals surface area contributed by atoms with Crippen molar-refractivity contribution in [3.63, 3.8) is 0 Å². The number of phenolic OH excluding ortho intramolecular Hbond substituents is 1. The molecule has 1 N–H and O–H groups in total. The van der Waals surface area contributed by atoms with Crippen LogP contribution in [0.2, 0.25) is 0 Å². The van der Waals surface area contributed by atoms with E-state index in [9.17, 15) is 9.90 Å². The fourth-order valence-electron chi connectivity index (χ4n) is 4.73. The van der Waals surface area contributed by atoms with Crippen LogP contribution in [0.5, 0.6) is 11.5 Å². The number of phenols is 1. The van der Waals surface area contributed by atoms with E-state index >= 15 is 0 Å². The summed E-state index contributed by atoms with van der Waals surface area (Å²) in [6.45, 7) is 3.91. The Balaban J connectivity index is 1.41. The number of benzene rings is 3. The summed E-state index contributed by atoms with van der Waals surface area (Å²) in [6, 6.07) is 20.8. The van der Waals surface area contributed by atoms with Gasteiger partial charge in [0.05, 0.1) is 0 Å². The van der Waals surface area contributed by atoms with Crippen molar-refractivity contribution in [2.45, 2.75) is 19.3 Å². The third-order valence-corrected chi connectivity index (χ3v) is 7.99. The number of likely N-dealkylation sites (tertiary alicyclic amines) is 1. The number of ketones is 1. The highest BCUT2D eigenvalue weighted by Gasteiger charge is 2.22. The highest BCUT2D eigenvalue weighted by molar-refractivity contribution is 7.22. The summed E-state index contributed by atoms with van der Waals surface area (Å²) >= 11 is 1.61. The van der Waals surface area contributed by atoms with Gasteiger partial charge in [0, 0.05) is 52.4 Å². The first-order valence-corrected chi connectivity index (χ1v) is 13.3. The van der Waals surface area contributed by atoms with Crippen molar-refractivity contribution < 1.29 is 14.6 Å². The minimum absolute atomic E-state index is 0.0122. The molecule has 186 valence electrons. The van der Waals surface area contributed by atoms with Crippen LogP contribution in [0.3, 0.4) is 0 Å². The Morgan fingerprint density at radius 2 is 1.69 bits per heavy atom. The van der Waals surface area contributed by atoms with Crippen molar-refractivity contribution in [2.24, 2.45) is 0 Å². The molecule has 0 bridgehead atoms. The van der Waals surface area contributed by atoms with Gasteiger partial charge in [0.2, 0.25) is 0 Å². The lowest BCUT2D eigenvalue weighted by Crippen LogP contribution is -2.33. The van der Waals surface area contributed by atoms with Gasteiger partial charge in [0.25, 0.3) is 0 Å². The second-order valence-electron chi connectivity index (χ2n) is 9.53. The van der Waals surface area contributed by atoms with Gasteiger partial charge in [0.1, 0.15) is 18.1 Å². The lowest BCUT2D eigenvalue weighted by molar-refractivity contribution is 0.104. The number of anilines is 1. The molecule has 3 aromatic carbocycles. The van der Waals surface area contributed by atoms with Crippen molar-refractivity contribution in [3.8, 4) is 21.9 Å². The van der Waals surface area contributed by atoms with Crippen molar-refractivity contribution in [1.82, 2.24) is 4.90 Å². The number of hydrogen-bond donors (Lipinski definition) is 1. The third kappa shape index (κ3) is 5.25. The summed E-state index contributed by atoms with van der Waals surface area (Å²) < 4.78 is 7.03. The number of piperidine rings is 1. The lowest BCUT2D eigenvalue weighted by Gasteiger charge is -2.26. The Morgan fingerprint density at radius 3 is 2.39 bits per heavy atom. The average molecular weight is 501 g/mol. The summed E-state index contributed by atoms with van der Waals surface area (Å²) in [4.78, 5) is 19.3. The molecule has 0 radical (unpaired) electrons. The maximum atomic E-state index is 13.8. The Kier molecular flexibility index (Phi) is 7.25. The molecule has 1 aromatic heterocycles. The molecule has 0 amide bonds. The first-order valence-electron chi connectivity index (χ1n) is 12.5. The van der Waals surface area contributed by atoms with Crippen molar-refractivity contribution >= 4 is 32.9 Å². The normalized spacial score (nSPS) is 14.2. The van der Waals surface area contributed by atoms with E-state index in [1.54, 1.807) is 23.5 Å². The summed E-state index contributed by atoms with van der Waals surface area (Å²) in [7, 11) is 4.02. The molecular formula is C30H32N2O3S. The van der Waals surface area contributed by atoms with Crippen LogP contribution < -0.4 is 9.64 Å². The number of ether oxygens (including phenoxy) is 1. The van der Waals surface area contributed by atoms with Crippen molar-refractivity contribution in [2.75, 3.05) is 45.2 Å². The second-order valence-corrected chi connectivity index (χ2v) is 10.6. The number of fused-ring (bicyclic) bond motifs is 1. The predicted octanol–water partition coefficient (Wildman–Crippen LogP) is 6.44. The molecule has 0 aliphatic carbocycles. The van der Waals surface area contributed by atoms with Gasteiger partial charge >= 0.3 is 0 Å². The Morgan fingerprint density at radius 1 is 0.972 bits per heavy atom. The van der Waals surface area contributed by atoms with Gasteiger partial charge in [0.15, 0.2) is 5.78 Å². The van der Waals surface area contributed by atoms with E-state index in [4.69, 9.17) is 4.74 Å². The zero-order valence-electron chi connectivity index (χ0n) is 20.9. The molecule has 36 heavy (non-hydrogen) atoms. The molecule has 0 atom stereocenters. The zero-order chi connectivity index (χ0) is 25.1. The van der Waals surface area contributed by atoms with Crippen LogP contribution in [-0.2, 0) is 0 Å². The predicted molar refractivity (Wildman–Crippen MR) is 149 cm³/mol. The van der Waals surface area contributed by atoms with Gasteiger partial charge in [-0.3, -0.25) is 9.69 Å². The summed E-state index contributed by atoms with van der Waals surface area (Å²) in [5.41, 5.74) is 3.34. The summed E-state index contributed by atoms with van der Waals surface area (Å²) in [5.74, 6) is 0.980. The Bertz CT molecular complexity index is 1340. The largest absolute Gasteiger partial charge is 0.508 e. The SMILES string of the molecule is CN(C)c1ccc2c(C(=O)c3ccc(OCCN4CCCCC4)cc3)c(-c3ccc(O)cc3)sc2c1. The molecule has 2 heterocycles. The van der Waals surface area contributed by atoms with Gasteiger partial charge in [-0.1, -0.05) is 12.5 Å². The van der Waals surface area contributed by atoms with Gasteiger partial charge in [-0.15, -0.1) is 11.3 Å². The molecule has 1 fully saturated rings. The smallest absolute Gasteiger partial charge is 0.195 e. The number of rotatable bonds is 8. The van der Waals surface area contributed by atoms with E-state index in [0.717, 1.165) is 51.6 Å². The number of thiophene rings is 1. The average Bonchev–Trinajstić information content (AvgIpc) is 3.28. The monoisotopic (exact) mass is 500 g/mol. The summed E-state index contributed by atoms with van der Waals surface area (Å²) in [5, 5.41) is 10.7. The molecule has 0 saturated carbocycles. The van der Waals surface area contributed by atoms with Crippen LogP contribution in [0.1, 0.15) is 35.2 Å². The van der Waals surface area contributed by atoms with E-state index in [1.165, 1.54) is 19.3 Å². The molecule has 0 spiro atoms. The Hall–Kier alpha value is -3.35. The standard InChI is InChI=1S/C30H32N2O3S/c1-31(2)23-10-15-26-27(20-23)36-30(22-6-11-24(33)12-7-22)28(26)29(34)21-8-13-25(14-9-21)35-19-18-32-16-4-3-5-17-32/h6-15,20,33H,3-5,16-19H2,1-2H3. The minimum Gasteiger partial charge on any atom is -0.508 e. The Labute approximate surface area is 216 Å². The molecule has 6 heteroatoms. The van der Waals surface area contributed by atoms with Gasteiger partial charge in [-0.2, -0.15) is 0 Å². The van der Waals surface area contributed by atoms with Crippen LogP contribution in [0.4, 0.5) is 5.69 Å². The molecule has 1 saturated heterocycles. The van der Waals surface area contributed by atoms with E-state index in [0.29, 0.717) is 17.7 Å². The highest BCUT2D eigenvalue weighted by Crippen LogP contribution is 2.41. The van der Waals surface area contributed by atoms with E-state index in [-0.39, 0.29) is 11.5 Å². The molecule has 0 unspecified atom stereocenters. The molecule has 5 nitrogen and oxygen atoms in total. The highest BCUT2D eigenvalue weighted by atomic mass is 32.1. The van der Waals surface area contributed by atoms with Crippen LogP contribution in [0, 0.1) is 0 Å². The topological polar surface area (TPSA) is 53.0 Å². The number of carbonyl (C=O) groups excluding carboxylic acids is 1. The maximum absolute atomic E-state index is 13.8. The van der Waals surface area contributed by atoms with Crippen LogP contribution in [0.25, 0.3) is 20.5 Å². The van der Waals surface area contributed by atoms with E-state index in [1.807, 2.05) is 62.6 Å². The number of nitrogens with zero attached hydrogens (tertiary/aromatic N) is 2. The second kappa shape index (κ2) is 10.7. The lowest BCUT2D eigenvalue weighted by atomic mass is 9.97. The quantitative estimate of drug-likeness (QED) is 0.282. The molecule has 1 aliphatic rings. The molecule has 4 aromatic rings. The zero-order valence-corrected chi connectivity index (χ0v) is 21.7. The van der Waals surface area contributed by atoms with Crippen LogP contribution >= 0.6 is 11.3 Å². The van der Waals surface area contributed by atoms with Gasteiger partial charge in [-0.25, -0.2) is 0 Å². The van der Waals surface area contributed by atoms with E-state index < -0.39 is 0 Å². The van der Waals surface area contributed by atoms with Crippen molar-refractivity contribution in [1.29, 1.82) is 0 Å². The first kappa shape index (κ1) is 24.3. The molecular weight excluding hydrogens is 468 g/mol. The van der Waals surface area contributed by atoms with Gasteiger partial charge in [-0.05, 0) is 92.2 Å². The number of carbonyl (C=O) groups is 1. The van der Waals surface area contributed by atoms with Gasteiger partial charge < -0.3 is 14.7 Å². The van der Waals surface area contributed by atoms with E-state index in [2.05, 4.69) is 15.9 Å². The third-order valence-electron chi connectivity index (χ3n) is 6.79.